The second kappa shape index (κ2) is 6.19. The third-order valence-corrected chi connectivity index (χ3v) is 4.66. The van der Waals surface area contributed by atoms with E-state index < -0.39 is 17.5 Å². The van der Waals surface area contributed by atoms with E-state index in [1.165, 1.54) is 23.1 Å². The molecule has 1 heterocycles. The number of benzene rings is 1. The van der Waals surface area contributed by atoms with E-state index in [9.17, 15) is 13.6 Å². The van der Waals surface area contributed by atoms with Crippen LogP contribution < -0.4 is 11.1 Å². The normalized spacial score (nSPS) is 10.6. The number of hydrogen-bond donors (Lipinski definition) is 2. The molecule has 0 radical (unpaired) electrons. The molecule has 0 aliphatic heterocycles. The van der Waals surface area contributed by atoms with Crippen molar-refractivity contribution in [3.05, 3.63) is 35.5 Å². The van der Waals surface area contributed by atoms with Crippen LogP contribution in [0.2, 0.25) is 0 Å². The summed E-state index contributed by atoms with van der Waals surface area (Å²) in [5, 5.41) is 2.76. The number of thioether (sulfide) groups is 1. The first kappa shape index (κ1) is 14.7. The van der Waals surface area contributed by atoms with Crippen molar-refractivity contribution in [3.63, 3.8) is 0 Å². The molecule has 0 unspecified atom stereocenters. The Bertz CT molecular complexity index is 646. The van der Waals surface area contributed by atoms with Crippen LogP contribution in [0.25, 0.3) is 0 Å². The topological polar surface area (TPSA) is 68.0 Å². The molecule has 0 aliphatic carbocycles. The molecule has 0 spiro atoms. The highest BCUT2D eigenvalue weighted by molar-refractivity contribution is 8.01. The van der Waals surface area contributed by atoms with E-state index in [1.54, 1.807) is 6.92 Å². The maximum Gasteiger partial charge on any atom is 0.234 e. The lowest BCUT2D eigenvalue weighted by Gasteiger charge is -2.06. The number of carbonyl (C=O) groups is 1. The molecule has 0 saturated carbocycles. The van der Waals surface area contributed by atoms with Crippen molar-refractivity contribution in [1.29, 1.82) is 0 Å². The lowest BCUT2D eigenvalue weighted by molar-refractivity contribution is -0.113. The van der Waals surface area contributed by atoms with Crippen molar-refractivity contribution in [2.24, 2.45) is 0 Å². The Hall–Kier alpha value is -1.67. The van der Waals surface area contributed by atoms with Crippen LogP contribution in [0.5, 0.6) is 0 Å². The first-order valence-electron chi connectivity index (χ1n) is 5.56. The number of nitrogens with two attached hydrogens (primary N) is 1. The molecule has 8 heteroatoms. The number of nitrogens with zero attached hydrogens (tertiary/aromatic N) is 1. The Morgan fingerprint density at radius 1 is 1.50 bits per heavy atom. The van der Waals surface area contributed by atoms with E-state index in [-0.39, 0.29) is 11.4 Å². The predicted octanol–water partition coefficient (Wildman–Crippen LogP) is 3.04. The van der Waals surface area contributed by atoms with Crippen LogP contribution in [0, 0.1) is 18.6 Å². The zero-order valence-electron chi connectivity index (χ0n) is 10.4. The van der Waals surface area contributed by atoms with Gasteiger partial charge < -0.3 is 11.1 Å². The minimum Gasteiger partial charge on any atom is -0.375 e. The third-order valence-electron chi connectivity index (χ3n) is 2.31. The fraction of sp³-hybridized carbons (Fsp3) is 0.167. The maximum absolute atomic E-state index is 13.3. The van der Waals surface area contributed by atoms with Gasteiger partial charge in [0.25, 0.3) is 0 Å². The number of nitrogens with one attached hydrogen (secondary N) is 1. The molecule has 4 nitrogen and oxygen atoms in total. The molecule has 0 fully saturated rings. The Labute approximate surface area is 122 Å². The third kappa shape index (κ3) is 3.67. The summed E-state index contributed by atoms with van der Waals surface area (Å²) in [5.41, 5.74) is 6.13. The number of anilines is 2. The van der Waals surface area contributed by atoms with Crippen LogP contribution in [0.15, 0.2) is 22.4 Å². The van der Waals surface area contributed by atoms with Crippen LogP contribution in [-0.4, -0.2) is 16.6 Å². The van der Waals surface area contributed by atoms with Crippen molar-refractivity contribution in [1.82, 2.24) is 4.98 Å². The molecular formula is C12H11F2N3OS2. The summed E-state index contributed by atoms with van der Waals surface area (Å²) in [7, 11) is 0. The summed E-state index contributed by atoms with van der Waals surface area (Å²) in [6.07, 6.45) is 0. The Morgan fingerprint density at radius 3 is 2.90 bits per heavy atom. The average Bonchev–Trinajstić information content (AvgIpc) is 2.70. The van der Waals surface area contributed by atoms with E-state index >= 15 is 0 Å². The molecule has 0 aliphatic rings. The molecule has 2 aromatic rings. The van der Waals surface area contributed by atoms with Crippen LogP contribution >= 0.6 is 23.1 Å². The number of hydrogen-bond acceptors (Lipinski definition) is 5. The lowest BCUT2D eigenvalue weighted by Crippen LogP contribution is -2.15. The first-order valence-corrected chi connectivity index (χ1v) is 7.36. The van der Waals surface area contributed by atoms with Gasteiger partial charge >= 0.3 is 0 Å². The van der Waals surface area contributed by atoms with E-state index in [1.807, 2.05) is 0 Å². The van der Waals surface area contributed by atoms with Gasteiger partial charge in [-0.2, -0.15) is 0 Å². The minimum atomic E-state index is -0.678. The van der Waals surface area contributed by atoms with Gasteiger partial charge in [0.05, 0.1) is 21.3 Å². The second-order valence-electron chi connectivity index (χ2n) is 3.89. The molecule has 20 heavy (non-hydrogen) atoms. The van der Waals surface area contributed by atoms with E-state index in [2.05, 4.69) is 10.3 Å². The predicted molar refractivity (Wildman–Crippen MR) is 77.0 cm³/mol. The van der Waals surface area contributed by atoms with E-state index in [4.69, 9.17) is 5.73 Å². The highest BCUT2D eigenvalue weighted by Gasteiger charge is 2.11. The molecule has 1 aromatic heterocycles. The Balaban J connectivity index is 1.96. The summed E-state index contributed by atoms with van der Waals surface area (Å²) >= 11 is 2.54. The molecule has 106 valence electrons. The summed E-state index contributed by atoms with van der Waals surface area (Å²) in [5.74, 6) is -1.65. The highest BCUT2D eigenvalue weighted by atomic mass is 32.2. The molecular weight excluding hydrogens is 304 g/mol. The smallest absolute Gasteiger partial charge is 0.234 e. The van der Waals surface area contributed by atoms with Gasteiger partial charge in [0.2, 0.25) is 5.91 Å². The van der Waals surface area contributed by atoms with Crippen LogP contribution in [0.1, 0.15) is 5.69 Å². The number of halogens is 2. The summed E-state index contributed by atoms with van der Waals surface area (Å²) in [6, 6.07) is 2.89. The lowest BCUT2D eigenvalue weighted by atomic mass is 10.3. The minimum absolute atomic E-state index is 0.0679. The quantitative estimate of drug-likeness (QED) is 0.851. The molecule has 0 bridgehead atoms. The maximum atomic E-state index is 13.3. The highest BCUT2D eigenvalue weighted by Crippen LogP contribution is 2.30. The van der Waals surface area contributed by atoms with Crippen molar-refractivity contribution >= 4 is 39.8 Å². The van der Waals surface area contributed by atoms with Gasteiger partial charge in [-0.3, -0.25) is 4.79 Å². The molecule has 1 aromatic carbocycles. The average molecular weight is 315 g/mol. The molecule has 3 N–H and O–H groups in total. The summed E-state index contributed by atoms with van der Waals surface area (Å²) < 4.78 is 27.1. The number of aromatic nitrogens is 1. The molecule has 0 saturated heterocycles. The second-order valence-corrected chi connectivity index (χ2v) is 6.16. The zero-order chi connectivity index (χ0) is 14.7. The number of nitrogen functional groups attached to an aromatic ring is 1. The fourth-order valence-electron chi connectivity index (χ4n) is 1.45. The van der Waals surface area contributed by atoms with Gasteiger partial charge in [-0.1, -0.05) is 11.3 Å². The Kier molecular flexibility index (Phi) is 4.56. The molecule has 0 atom stereocenters. The summed E-state index contributed by atoms with van der Waals surface area (Å²) in [4.78, 5) is 15.7. The van der Waals surface area contributed by atoms with Crippen molar-refractivity contribution in [2.75, 3.05) is 16.8 Å². The fourth-order valence-corrected chi connectivity index (χ4v) is 3.27. The monoisotopic (exact) mass is 315 g/mol. The van der Waals surface area contributed by atoms with Crippen molar-refractivity contribution in [3.8, 4) is 0 Å². The number of amides is 1. The van der Waals surface area contributed by atoms with Crippen molar-refractivity contribution < 1.29 is 13.6 Å². The number of rotatable bonds is 4. The van der Waals surface area contributed by atoms with Gasteiger partial charge in [-0.25, -0.2) is 13.8 Å². The van der Waals surface area contributed by atoms with E-state index in [0.29, 0.717) is 5.13 Å². The van der Waals surface area contributed by atoms with Crippen LogP contribution in [0.4, 0.5) is 19.6 Å². The molecule has 2 rings (SSSR count). The van der Waals surface area contributed by atoms with Gasteiger partial charge in [-0.05, 0) is 19.1 Å². The van der Waals surface area contributed by atoms with E-state index in [0.717, 1.165) is 28.1 Å². The number of thiazole rings is 1. The zero-order valence-corrected chi connectivity index (χ0v) is 12.1. The number of aryl methyl sites for hydroxylation is 1. The Morgan fingerprint density at radius 2 is 2.25 bits per heavy atom. The summed E-state index contributed by atoms with van der Waals surface area (Å²) in [6.45, 7) is 1.79. The molecule has 1 amide bonds. The van der Waals surface area contributed by atoms with Gasteiger partial charge in [0, 0.05) is 6.07 Å². The van der Waals surface area contributed by atoms with Gasteiger partial charge in [0.15, 0.2) is 5.13 Å². The largest absolute Gasteiger partial charge is 0.375 e. The van der Waals surface area contributed by atoms with Crippen LogP contribution in [0.3, 0.4) is 0 Å². The first-order chi connectivity index (χ1) is 9.45. The van der Waals surface area contributed by atoms with Gasteiger partial charge in [-0.15, -0.1) is 11.8 Å². The standard InChI is InChI=1S/C12H11F2N3OS2/c1-6-11(20-12(15)16-6)19-5-10(18)17-9-4-7(13)2-3-8(9)14/h2-4H,5H2,1H3,(H2,15,16)(H,17,18). The van der Waals surface area contributed by atoms with Crippen LogP contribution in [-0.2, 0) is 4.79 Å². The van der Waals surface area contributed by atoms with Crippen molar-refractivity contribution in [2.45, 2.75) is 11.1 Å². The van der Waals surface area contributed by atoms with Gasteiger partial charge in [0.1, 0.15) is 11.6 Å². The SMILES string of the molecule is Cc1nc(N)sc1SCC(=O)Nc1cc(F)ccc1F. The number of carbonyl (C=O) groups excluding carboxylic acids is 1.